The van der Waals surface area contributed by atoms with Gasteiger partial charge in [-0.1, -0.05) is 39.3 Å². The highest BCUT2D eigenvalue weighted by Crippen LogP contribution is 2.76. The number of carboxylic acids is 1. The fourth-order valence-electron chi connectivity index (χ4n) is 12.2. The van der Waals surface area contributed by atoms with E-state index in [1.807, 2.05) is 13.8 Å². The van der Waals surface area contributed by atoms with E-state index in [1.54, 1.807) is 0 Å². The molecule has 0 spiro atoms. The summed E-state index contributed by atoms with van der Waals surface area (Å²) in [7, 11) is 0. The topological polar surface area (TPSA) is 177 Å². The van der Waals surface area contributed by atoms with Crippen molar-refractivity contribution in [2.45, 2.75) is 129 Å². The van der Waals surface area contributed by atoms with Gasteiger partial charge in [0, 0.05) is 11.3 Å². The molecule has 4 saturated carbocycles. The summed E-state index contributed by atoms with van der Waals surface area (Å²) in [6.07, 6.45) is 2.43. The number of carboxylic acid groups (broad SMARTS) is 1. The molecule has 7 N–H and O–H groups in total. The van der Waals surface area contributed by atoms with Crippen molar-refractivity contribution < 1.29 is 50.0 Å². The van der Waals surface area contributed by atoms with Crippen LogP contribution in [0.2, 0.25) is 0 Å². The summed E-state index contributed by atoms with van der Waals surface area (Å²) >= 11 is 0. The van der Waals surface area contributed by atoms with Gasteiger partial charge in [0.05, 0.1) is 36.9 Å². The van der Waals surface area contributed by atoms with E-state index in [-0.39, 0.29) is 53.8 Å². The first-order valence-electron chi connectivity index (χ1n) is 17.2. The van der Waals surface area contributed by atoms with Gasteiger partial charge in [0.1, 0.15) is 18.3 Å². The first-order chi connectivity index (χ1) is 21.0. The van der Waals surface area contributed by atoms with Gasteiger partial charge in [-0.15, -0.1) is 0 Å². The molecule has 1 heterocycles. The van der Waals surface area contributed by atoms with Crippen molar-refractivity contribution in [3.05, 3.63) is 11.6 Å². The number of aliphatic hydroxyl groups excluding tert-OH is 5. The number of aliphatic hydroxyl groups is 6. The Morgan fingerprint density at radius 3 is 2.27 bits per heavy atom. The van der Waals surface area contributed by atoms with Crippen LogP contribution in [-0.4, -0.2) is 97.8 Å². The molecule has 1 aliphatic heterocycles. The predicted octanol–water partition coefficient (Wildman–Crippen LogP) is 2.61. The molecule has 10 heteroatoms. The summed E-state index contributed by atoms with van der Waals surface area (Å²) in [5.74, 6) is -1.19. The first-order valence-corrected chi connectivity index (χ1v) is 17.2. The van der Waals surface area contributed by atoms with Crippen molar-refractivity contribution in [3.63, 3.8) is 0 Å². The van der Waals surface area contributed by atoms with Gasteiger partial charge in [-0.3, -0.25) is 4.79 Å². The molecule has 6 rings (SSSR count). The van der Waals surface area contributed by atoms with Crippen molar-refractivity contribution in [1.82, 2.24) is 0 Å². The molecule has 45 heavy (non-hydrogen) atoms. The molecule has 1 saturated heterocycles. The third kappa shape index (κ3) is 4.32. The highest BCUT2D eigenvalue weighted by atomic mass is 16.7. The number of hydrogen-bond acceptors (Lipinski definition) is 9. The molecular formula is C35H56O10. The molecule has 14 atom stereocenters. The molecule has 5 aliphatic carbocycles. The number of allylic oxidation sites excluding steroid dienone is 1. The molecule has 0 aromatic carbocycles. The molecule has 0 radical (unpaired) electrons. The minimum atomic E-state index is -1.46. The molecule has 0 amide bonds. The lowest BCUT2D eigenvalue weighted by Gasteiger charge is -2.72. The minimum absolute atomic E-state index is 0.0157. The summed E-state index contributed by atoms with van der Waals surface area (Å²) in [6, 6.07) is 0. The van der Waals surface area contributed by atoms with Gasteiger partial charge in [0.25, 0.3) is 0 Å². The Morgan fingerprint density at radius 2 is 1.62 bits per heavy atom. The Kier molecular flexibility index (Phi) is 8.22. The number of hydrogen-bond donors (Lipinski definition) is 7. The van der Waals surface area contributed by atoms with Crippen LogP contribution in [0, 0.1) is 50.7 Å². The van der Waals surface area contributed by atoms with Gasteiger partial charge in [-0.05, 0) is 98.7 Å². The maximum absolute atomic E-state index is 13.0. The zero-order valence-electron chi connectivity index (χ0n) is 27.6. The van der Waals surface area contributed by atoms with Crippen molar-refractivity contribution in [3.8, 4) is 0 Å². The van der Waals surface area contributed by atoms with E-state index in [1.165, 1.54) is 0 Å². The number of carbonyl (C=O) groups is 1. The van der Waals surface area contributed by atoms with E-state index in [2.05, 4.69) is 26.8 Å². The zero-order chi connectivity index (χ0) is 33.0. The zero-order valence-corrected chi connectivity index (χ0v) is 27.6. The maximum Gasteiger partial charge on any atom is 0.310 e. The first kappa shape index (κ1) is 33.8. The summed E-state index contributed by atoms with van der Waals surface area (Å²) in [5.41, 5.74) is -2.81. The fraction of sp³-hybridized carbons (Fsp3) is 0.914. The SMILES string of the molecule is CC1CCC2(C(=O)O)CCC3(C)C(=CCC4C5(C)CCC(OC6OCC(O)C(O)C6O)C(CO)(CO)C5CCC43C)C2C1(C)O. The Labute approximate surface area is 266 Å². The largest absolute Gasteiger partial charge is 0.481 e. The minimum Gasteiger partial charge on any atom is -0.481 e. The Morgan fingerprint density at radius 1 is 0.933 bits per heavy atom. The second-order valence-corrected chi connectivity index (χ2v) is 16.8. The predicted molar refractivity (Wildman–Crippen MR) is 164 cm³/mol. The Balaban J connectivity index is 1.36. The molecular weight excluding hydrogens is 580 g/mol. The summed E-state index contributed by atoms with van der Waals surface area (Å²) in [5, 5.41) is 75.5. The maximum atomic E-state index is 13.0. The third-order valence-corrected chi connectivity index (χ3v) is 15.4. The lowest BCUT2D eigenvalue weighted by molar-refractivity contribution is -0.318. The normalized spacial score (nSPS) is 54.1. The van der Waals surface area contributed by atoms with Crippen LogP contribution in [-0.2, 0) is 14.3 Å². The van der Waals surface area contributed by atoms with E-state index in [0.717, 1.165) is 37.7 Å². The van der Waals surface area contributed by atoms with Gasteiger partial charge in [0.2, 0.25) is 0 Å². The number of fused-ring (bicyclic) bond motifs is 7. The van der Waals surface area contributed by atoms with Crippen LogP contribution < -0.4 is 0 Å². The summed E-state index contributed by atoms with van der Waals surface area (Å²) in [4.78, 5) is 13.0. The molecule has 0 bridgehead atoms. The van der Waals surface area contributed by atoms with Crippen molar-refractivity contribution >= 4 is 5.97 Å². The van der Waals surface area contributed by atoms with Gasteiger partial charge in [-0.2, -0.15) is 0 Å². The van der Waals surface area contributed by atoms with Gasteiger partial charge in [0.15, 0.2) is 6.29 Å². The van der Waals surface area contributed by atoms with E-state index >= 15 is 0 Å². The van der Waals surface area contributed by atoms with Gasteiger partial charge < -0.3 is 45.2 Å². The van der Waals surface area contributed by atoms with Crippen molar-refractivity contribution in [1.29, 1.82) is 0 Å². The number of ether oxygens (including phenoxy) is 2. The van der Waals surface area contributed by atoms with E-state index < -0.39 is 59.0 Å². The molecule has 10 nitrogen and oxygen atoms in total. The Hall–Kier alpha value is -1.11. The highest BCUT2D eigenvalue weighted by Gasteiger charge is 2.72. The van der Waals surface area contributed by atoms with Crippen LogP contribution >= 0.6 is 0 Å². The molecule has 0 aromatic rings. The van der Waals surface area contributed by atoms with Gasteiger partial charge >= 0.3 is 5.97 Å². The molecule has 6 aliphatic rings. The van der Waals surface area contributed by atoms with Crippen molar-refractivity contribution in [2.75, 3.05) is 19.8 Å². The highest BCUT2D eigenvalue weighted by molar-refractivity contribution is 5.77. The smallest absolute Gasteiger partial charge is 0.310 e. The van der Waals surface area contributed by atoms with Crippen LogP contribution in [0.1, 0.15) is 92.4 Å². The molecule has 14 unspecified atom stereocenters. The summed E-state index contributed by atoms with van der Waals surface area (Å²) < 4.78 is 11.9. The summed E-state index contributed by atoms with van der Waals surface area (Å²) in [6.45, 7) is 10.0. The Bertz CT molecular complexity index is 1200. The van der Waals surface area contributed by atoms with Crippen LogP contribution in [0.3, 0.4) is 0 Å². The standard InChI is InChI=1S/C35H56O10/c1-19-8-13-34(29(41)42)15-14-31(3)20(27(34)33(19,5)43)6-7-22-30(2)11-10-24(45-28-26(40)25(39)21(38)16-44-28)35(17-36,18-37)23(30)9-12-32(22,31)4/h6,19,21-28,36-40,43H,7-18H2,1-5H3,(H,41,42). The molecule has 5 fully saturated rings. The van der Waals surface area contributed by atoms with Crippen LogP contribution in [0.25, 0.3) is 0 Å². The quantitative estimate of drug-likeness (QED) is 0.175. The number of aliphatic carboxylic acids is 1. The second kappa shape index (κ2) is 11.0. The third-order valence-electron chi connectivity index (χ3n) is 15.4. The number of rotatable bonds is 5. The van der Waals surface area contributed by atoms with Crippen LogP contribution in [0.5, 0.6) is 0 Å². The average molecular weight is 637 g/mol. The lowest BCUT2D eigenvalue weighted by atomic mass is 9.33. The fourth-order valence-corrected chi connectivity index (χ4v) is 12.2. The van der Waals surface area contributed by atoms with Crippen LogP contribution in [0.15, 0.2) is 11.6 Å². The van der Waals surface area contributed by atoms with E-state index in [0.29, 0.717) is 25.7 Å². The van der Waals surface area contributed by atoms with Crippen molar-refractivity contribution in [2.24, 2.45) is 50.7 Å². The van der Waals surface area contributed by atoms with Gasteiger partial charge in [-0.25, -0.2) is 0 Å². The van der Waals surface area contributed by atoms with E-state index in [4.69, 9.17) is 9.47 Å². The average Bonchev–Trinajstić information content (AvgIpc) is 2.99. The lowest BCUT2D eigenvalue weighted by Crippen LogP contribution is -2.69. The van der Waals surface area contributed by atoms with E-state index in [9.17, 15) is 40.5 Å². The van der Waals surface area contributed by atoms with Crippen LogP contribution in [0.4, 0.5) is 0 Å². The molecule has 0 aromatic heterocycles. The second-order valence-electron chi connectivity index (χ2n) is 16.8. The monoisotopic (exact) mass is 636 g/mol. The molecule has 256 valence electrons.